The first-order valence-electron chi connectivity index (χ1n) is 20.5. The smallest absolute Gasteiger partial charge is 0.434 e. The normalized spacial score (nSPS) is 28.2. The van der Waals surface area contributed by atoms with E-state index < -0.39 is 40.7 Å². The van der Waals surface area contributed by atoms with Gasteiger partial charge in [-0.1, -0.05) is 0 Å². The number of ether oxygens (including phenoxy) is 2. The van der Waals surface area contributed by atoms with Crippen LogP contribution in [0.5, 0.6) is 5.75 Å². The lowest BCUT2D eigenvalue weighted by atomic mass is 9.48. The number of nitrogens with zero attached hydrogens (tertiary/aromatic N) is 6. The summed E-state index contributed by atoms with van der Waals surface area (Å²) >= 11 is 0. The topological polar surface area (TPSA) is 145 Å². The fraction of sp³-hybridized carbons (Fsp3) is 0.571. The molecular weight excluding hydrogens is 758 g/mol. The van der Waals surface area contributed by atoms with Crippen molar-refractivity contribution < 1.29 is 41.7 Å². The number of carbonyl (C=O) groups excluding carboxylic acids is 1. The van der Waals surface area contributed by atoms with Crippen LogP contribution in [-0.4, -0.2) is 79.4 Å². The molecule has 0 atom stereocenters. The number of alkyl halides is 3. The lowest BCUT2D eigenvalue weighted by Gasteiger charge is -2.59. The number of fused-ring (bicyclic) bond motifs is 1. The molecule has 7 aliphatic rings. The minimum Gasteiger partial charge on any atom is -0.490 e. The van der Waals surface area contributed by atoms with Crippen molar-refractivity contribution in [1.29, 1.82) is 0 Å². The van der Waals surface area contributed by atoms with Crippen LogP contribution in [0.4, 0.5) is 23.5 Å². The highest BCUT2D eigenvalue weighted by molar-refractivity contribution is 6.00. The van der Waals surface area contributed by atoms with Gasteiger partial charge in [-0.3, -0.25) is 4.79 Å². The molecule has 12 nitrogen and oxygen atoms in total. The number of carboxylic acids is 1. The van der Waals surface area contributed by atoms with Crippen molar-refractivity contribution in [2.45, 2.75) is 94.5 Å². The molecule has 1 amide bonds. The number of amides is 1. The summed E-state index contributed by atoms with van der Waals surface area (Å²) in [6, 6.07) is 5.61. The lowest BCUT2D eigenvalue weighted by Crippen LogP contribution is -2.70. The Kier molecular flexibility index (Phi) is 8.95. The number of benzene rings is 1. The number of carboxylic acid groups (broad SMARTS) is 1. The van der Waals surface area contributed by atoms with E-state index in [4.69, 9.17) is 9.47 Å². The van der Waals surface area contributed by atoms with Gasteiger partial charge in [-0.25, -0.2) is 29.1 Å². The molecule has 4 aromatic rings. The van der Waals surface area contributed by atoms with E-state index in [0.717, 1.165) is 69.4 Å². The van der Waals surface area contributed by atoms with E-state index in [1.807, 2.05) is 23.2 Å². The molecular formula is C42H45F4N7O5. The predicted octanol–water partition coefficient (Wildman–Crippen LogP) is 7.24. The summed E-state index contributed by atoms with van der Waals surface area (Å²) < 4.78 is 72.3. The molecule has 306 valence electrons. The lowest BCUT2D eigenvalue weighted by molar-refractivity contribution is -0.163. The van der Waals surface area contributed by atoms with Crippen LogP contribution in [0.3, 0.4) is 0 Å². The molecule has 7 fully saturated rings. The van der Waals surface area contributed by atoms with Crippen molar-refractivity contribution in [1.82, 2.24) is 29.8 Å². The average Bonchev–Trinajstić information content (AvgIpc) is 3.57. The third-order valence-electron chi connectivity index (χ3n) is 14.3. The summed E-state index contributed by atoms with van der Waals surface area (Å²) in [5.41, 5.74) is -2.47. The molecule has 1 spiro atoms. The maximum Gasteiger partial charge on any atom is 0.434 e. The molecule has 5 aliphatic carbocycles. The maximum absolute atomic E-state index is 14.9. The van der Waals surface area contributed by atoms with Crippen molar-refractivity contribution in [3.05, 3.63) is 60.1 Å². The van der Waals surface area contributed by atoms with E-state index in [1.165, 1.54) is 0 Å². The van der Waals surface area contributed by atoms with Gasteiger partial charge in [0.2, 0.25) is 5.95 Å². The first-order valence-corrected chi connectivity index (χ1v) is 20.5. The Morgan fingerprint density at radius 3 is 2.19 bits per heavy atom. The number of hydrogen-bond donors (Lipinski definition) is 2. The Hall–Kier alpha value is -4.86. The zero-order valence-electron chi connectivity index (χ0n) is 31.9. The number of rotatable bonds is 8. The molecule has 16 heteroatoms. The maximum atomic E-state index is 14.9. The van der Waals surface area contributed by atoms with Gasteiger partial charge in [-0.05, 0) is 93.6 Å². The van der Waals surface area contributed by atoms with Crippen LogP contribution >= 0.6 is 0 Å². The number of hydrogen-bond acceptors (Lipinski definition) is 9. The SMILES string of the molecule is O=C(NC1(C(=O)O)C2CC3CC(C2)CC1C3)c1cnc(-c2cn(C3CCC4(CC3)COC4)c3cc(OC4CCN(c5ncc(F)cn5)CC4)ccc23)nc1C(F)(F)F. The van der Waals surface area contributed by atoms with Gasteiger partial charge in [0.25, 0.3) is 5.91 Å². The monoisotopic (exact) mass is 803 g/mol. The molecule has 2 aliphatic heterocycles. The highest BCUT2D eigenvalue weighted by Gasteiger charge is 2.62. The van der Waals surface area contributed by atoms with E-state index >= 15 is 0 Å². The standard InChI is InChI=1S/C42H45F4N7O5/c43-27-17-48-39(49-18-27)52-9-5-29(6-10-52)58-30-1-2-31-33(20-53(34(31)16-30)28-3-7-40(8-4-28)21-57-22-40)36-47-19-32(35(50-36)42(44,45)46)37(54)51-41(38(55)56)25-12-23-11-24(14-25)15-26(41)13-23/h1-2,16-20,23-26,28-29H,3-15,21-22H2,(H,51,54)(H,55,56). The molecule has 5 heterocycles. The Bertz CT molecular complexity index is 2210. The van der Waals surface area contributed by atoms with Crippen molar-refractivity contribution in [2.75, 3.05) is 31.2 Å². The van der Waals surface area contributed by atoms with Crippen molar-refractivity contribution in [2.24, 2.45) is 29.1 Å². The first kappa shape index (κ1) is 37.4. The first-order chi connectivity index (χ1) is 27.9. The summed E-state index contributed by atoms with van der Waals surface area (Å²) in [6.07, 6.45) is 8.52. The van der Waals surface area contributed by atoms with Gasteiger partial charge in [0.15, 0.2) is 17.3 Å². The fourth-order valence-electron chi connectivity index (χ4n) is 11.5. The zero-order chi connectivity index (χ0) is 40.0. The summed E-state index contributed by atoms with van der Waals surface area (Å²) in [5, 5.41) is 13.8. The zero-order valence-corrected chi connectivity index (χ0v) is 31.9. The van der Waals surface area contributed by atoms with E-state index in [0.29, 0.717) is 86.1 Å². The third-order valence-corrected chi connectivity index (χ3v) is 14.3. The second-order valence-electron chi connectivity index (χ2n) is 17.7. The molecule has 58 heavy (non-hydrogen) atoms. The molecule has 0 unspecified atom stereocenters. The number of aliphatic carboxylic acids is 1. The van der Waals surface area contributed by atoms with E-state index in [2.05, 4.69) is 29.8 Å². The molecule has 4 bridgehead atoms. The van der Waals surface area contributed by atoms with Crippen molar-refractivity contribution in [3.8, 4) is 17.1 Å². The molecule has 0 radical (unpaired) electrons. The van der Waals surface area contributed by atoms with Gasteiger partial charge in [-0.15, -0.1) is 0 Å². The predicted molar refractivity (Wildman–Crippen MR) is 201 cm³/mol. The van der Waals surface area contributed by atoms with Gasteiger partial charge in [0.1, 0.15) is 17.4 Å². The summed E-state index contributed by atoms with van der Waals surface area (Å²) in [7, 11) is 0. The largest absolute Gasteiger partial charge is 0.490 e. The fourth-order valence-corrected chi connectivity index (χ4v) is 11.5. The number of piperidine rings is 1. The van der Waals surface area contributed by atoms with Crippen LogP contribution in [0.25, 0.3) is 22.3 Å². The molecule has 3 aromatic heterocycles. The van der Waals surface area contributed by atoms with E-state index in [1.54, 1.807) is 6.07 Å². The second-order valence-corrected chi connectivity index (χ2v) is 17.7. The number of anilines is 1. The number of halogens is 4. The number of nitrogens with one attached hydrogen (secondary N) is 1. The second kappa shape index (κ2) is 13.9. The van der Waals surface area contributed by atoms with Crippen LogP contribution in [0, 0.1) is 34.9 Å². The Morgan fingerprint density at radius 1 is 0.914 bits per heavy atom. The summed E-state index contributed by atoms with van der Waals surface area (Å²) in [6.45, 7) is 2.73. The summed E-state index contributed by atoms with van der Waals surface area (Å²) in [5.74, 6) is -1.81. The van der Waals surface area contributed by atoms with Crippen LogP contribution in [-0.2, 0) is 15.7 Å². The Morgan fingerprint density at radius 2 is 1.59 bits per heavy atom. The molecule has 2 N–H and O–H groups in total. The van der Waals surface area contributed by atoms with Gasteiger partial charge < -0.3 is 29.4 Å². The van der Waals surface area contributed by atoms with Crippen molar-refractivity contribution >= 4 is 28.7 Å². The number of carbonyl (C=O) groups is 2. The van der Waals surface area contributed by atoms with E-state index in [-0.39, 0.29) is 35.2 Å². The van der Waals surface area contributed by atoms with E-state index in [9.17, 15) is 32.3 Å². The third kappa shape index (κ3) is 6.36. The Balaban J connectivity index is 0.956. The van der Waals surface area contributed by atoms with Gasteiger partial charge in [-0.2, -0.15) is 13.2 Å². The van der Waals surface area contributed by atoms with Gasteiger partial charge >= 0.3 is 12.1 Å². The average molecular weight is 804 g/mol. The van der Waals surface area contributed by atoms with Crippen LogP contribution in [0.1, 0.15) is 92.7 Å². The van der Waals surface area contributed by atoms with Gasteiger partial charge in [0.05, 0.1) is 36.7 Å². The highest BCUT2D eigenvalue weighted by atomic mass is 19.4. The van der Waals surface area contributed by atoms with Crippen LogP contribution in [0.2, 0.25) is 0 Å². The highest BCUT2D eigenvalue weighted by Crippen LogP contribution is 2.58. The van der Waals surface area contributed by atoms with Gasteiger partial charge in [0, 0.05) is 66.8 Å². The van der Waals surface area contributed by atoms with Crippen LogP contribution in [0.15, 0.2) is 43.0 Å². The number of aromatic nitrogens is 5. The Labute approximate surface area is 331 Å². The quantitative estimate of drug-likeness (QED) is 0.175. The minimum atomic E-state index is -5.02. The van der Waals surface area contributed by atoms with Crippen LogP contribution < -0.4 is 15.0 Å². The molecule has 11 rings (SSSR count). The molecule has 5 saturated carbocycles. The molecule has 1 aromatic carbocycles. The molecule has 2 saturated heterocycles. The minimum absolute atomic E-state index is 0.0667. The summed E-state index contributed by atoms with van der Waals surface area (Å²) in [4.78, 5) is 45.4. The van der Waals surface area contributed by atoms with Crippen molar-refractivity contribution in [3.63, 3.8) is 0 Å².